The van der Waals surface area contributed by atoms with Gasteiger partial charge in [0.1, 0.15) is 5.75 Å². The Morgan fingerprint density at radius 1 is 1.23 bits per heavy atom. The van der Waals surface area contributed by atoms with Crippen LogP contribution in [0.5, 0.6) is 5.75 Å². The summed E-state index contributed by atoms with van der Waals surface area (Å²) in [5, 5.41) is 4.99. The molecule has 1 N–H and O–H groups in total. The topological polar surface area (TPSA) is 50.7 Å². The fourth-order valence-corrected chi connectivity index (χ4v) is 2.67. The summed E-state index contributed by atoms with van der Waals surface area (Å²) in [6, 6.07) is 15.2. The van der Waals surface area contributed by atoms with Crippen molar-refractivity contribution in [3.05, 3.63) is 64.7 Å². The number of hydrogen-bond acceptors (Lipinski definition) is 3. The molecule has 4 nitrogen and oxygen atoms in total. The summed E-state index contributed by atoms with van der Waals surface area (Å²) in [6.45, 7) is 5.72. The lowest BCUT2D eigenvalue weighted by atomic mass is 10.1. The number of hydrogen-bond donors (Lipinski definition) is 1. The minimum atomic E-state index is -0.665. The van der Waals surface area contributed by atoms with Crippen molar-refractivity contribution in [2.24, 2.45) is 5.10 Å². The van der Waals surface area contributed by atoms with Crippen molar-refractivity contribution in [1.29, 1.82) is 0 Å². The fourth-order valence-electron chi connectivity index (χ4n) is 2.44. The minimum absolute atomic E-state index is 0.288. The van der Waals surface area contributed by atoms with Gasteiger partial charge in [0, 0.05) is 5.02 Å². The fraction of sp³-hybridized carbons (Fsp3) is 0.333. The highest BCUT2D eigenvalue weighted by Crippen LogP contribution is 2.22. The molecule has 1 amide bonds. The summed E-state index contributed by atoms with van der Waals surface area (Å²) in [4.78, 5) is 12.4. The van der Waals surface area contributed by atoms with Crippen molar-refractivity contribution >= 4 is 23.2 Å². The molecule has 0 heterocycles. The van der Waals surface area contributed by atoms with Crippen LogP contribution >= 0.6 is 11.6 Å². The van der Waals surface area contributed by atoms with Gasteiger partial charge in [-0.25, -0.2) is 5.43 Å². The van der Waals surface area contributed by atoms with E-state index in [9.17, 15) is 4.79 Å². The Morgan fingerprint density at radius 2 is 1.96 bits per heavy atom. The summed E-state index contributed by atoms with van der Waals surface area (Å²) < 4.78 is 5.74. The number of ether oxygens (including phenoxy) is 1. The van der Waals surface area contributed by atoms with Gasteiger partial charge in [0.25, 0.3) is 5.91 Å². The number of benzene rings is 2. The molecule has 0 saturated carbocycles. The molecule has 0 saturated heterocycles. The number of halogens is 1. The number of carbonyl (C=O) groups excluding carboxylic acids is 1. The van der Waals surface area contributed by atoms with E-state index in [2.05, 4.69) is 17.5 Å². The van der Waals surface area contributed by atoms with Gasteiger partial charge in [-0.05, 0) is 56.0 Å². The monoisotopic (exact) mass is 372 g/mol. The molecular weight excluding hydrogens is 348 g/mol. The van der Waals surface area contributed by atoms with Gasteiger partial charge in [0.15, 0.2) is 6.10 Å². The van der Waals surface area contributed by atoms with Crippen molar-refractivity contribution in [2.45, 2.75) is 46.1 Å². The van der Waals surface area contributed by atoms with E-state index in [4.69, 9.17) is 16.3 Å². The summed E-state index contributed by atoms with van der Waals surface area (Å²) >= 11 is 5.95. The molecule has 1 unspecified atom stereocenters. The largest absolute Gasteiger partial charge is 0.481 e. The average molecular weight is 373 g/mol. The van der Waals surface area contributed by atoms with Gasteiger partial charge in [0.05, 0.1) is 5.71 Å². The maximum absolute atomic E-state index is 12.4. The van der Waals surface area contributed by atoms with Crippen LogP contribution in [0.1, 0.15) is 44.2 Å². The molecule has 0 radical (unpaired) electrons. The molecule has 0 spiro atoms. The number of unbranched alkanes of at least 4 members (excludes halogenated alkanes) is 1. The zero-order valence-electron chi connectivity index (χ0n) is 15.5. The third kappa shape index (κ3) is 5.88. The number of rotatable bonds is 8. The van der Waals surface area contributed by atoms with Crippen LogP contribution in [0, 0.1) is 6.92 Å². The second-order valence-corrected chi connectivity index (χ2v) is 6.61. The number of nitrogens with one attached hydrogen (secondary N) is 1. The maximum atomic E-state index is 12.4. The van der Waals surface area contributed by atoms with E-state index in [1.165, 1.54) is 0 Å². The molecule has 2 rings (SSSR count). The average Bonchev–Trinajstić information content (AvgIpc) is 2.64. The molecule has 2 aromatic rings. The lowest BCUT2D eigenvalue weighted by molar-refractivity contribution is -0.127. The zero-order chi connectivity index (χ0) is 18.9. The Bertz CT molecular complexity index is 760. The zero-order valence-corrected chi connectivity index (χ0v) is 16.2. The van der Waals surface area contributed by atoms with Gasteiger partial charge >= 0.3 is 0 Å². The molecule has 2 aromatic carbocycles. The number of amides is 1. The van der Waals surface area contributed by atoms with Gasteiger partial charge in [-0.1, -0.05) is 55.3 Å². The molecule has 0 aliphatic heterocycles. The highest BCUT2D eigenvalue weighted by molar-refractivity contribution is 6.30. The van der Waals surface area contributed by atoms with Crippen molar-refractivity contribution in [3.63, 3.8) is 0 Å². The van der Waals surface area contributed by atoms with E-state index in [1.54, 1.807) is 25.1 Å². The predicted molar refractivity (Wildman–Crippen MR) is 107 cm³/mol. The Morgan fingerprint density at radius 3 is 2.62 bits per heavy atom. The molecule has 0 fully saturated rings. The maximum Gasteiger partial charge on any atom is 0.280 e. The van der Waals surface area contributed by atoms with Crippen LogP contribution in [-0.4, -0.2) is 17.7 Å². The number of aryl methyl sites for hydroxylation is 1. The van der Waals surface area contributed by atoms with Crippen LogP contribution in [-0.2, 0) is 4.79 Å². The Balaban J connectivity index is 2.04. The van der Waals surface area contributed by atoms with E-state index >= 15 is 0 Å². The third-order valence-electron chi connectivity index (χ3n) is 3.99. The standard InChI is InChI=1S/C21H25ClN2O2/c1-4-5-11-19(17-9-7-6-8-10-17)23-24-21(25)16(3)26-20-13-12-18(22)14-15(20)2/h6-10,12-14,16H,4-5,11H2,1-3H3,(H,24,25)/b23-19+. The predicted octanol–water partition coefficient (Wildman–Crippen LogP) is 5.13. The van der Waals surface area contributed by atoms with Crippen LogP contribution in [0.25, 0.3) is 0 Å². The lowest BCUT2D eigenvalue weighted by Crippen LogP contribution is -2.34. The smallest absolute Gasteiger partial charge is 0.280 e. The summed E-state index contributed by atoms with van der Waals surface area (Å²) in [6.07, 6.45) is 2.23. The van der Waals surface area contributed by atoms with Gasteiger partial charge in [0.2, 0.25) is 0 Å². The van der Waals surface area contributed by atoms with Crippen LogP contribution in [0.2, 0.25) is 5.02 Å². The minimum Gasteiger partial charge on any atom is -0.481 e. The molecule has 5 heteroatoms. The van der Waals surface area contributed by atoms with Crippen LogP contribution < -0.4 is 10.2 Å². The normalized spacial score (nSPS) is 12.5. The summed E-state index contributed by atoms with van der Waals surface area (Å²) in [5.74, 6) is 0.347. The first-order valence-corrected chi connectivity index (χ1v) is 9.23. The molecule has 1 atom stereocenters. The first-order valence-electron chi connectivity index (χ1n) is 8.86. The molecule has 0 aliphatic rings. The van der Waals surface area contributed by atoms with E-state index in [0.717, 1.165) is 36.1 Å². The second kappa shape index (κ2) is 9.97. The summed E-state index contributed by atoms with van der Waals surface area (Å²) in [7, 11) is 0. The molecule has 0 aromatic heterocycles. The molecule has 0 aliphatic carbocycles. The Hall–Kier alpha value is -2.33. The second-order valence-electron chi connectivity index (χ2n) is 6.17. The van der Waals surface area contributed by atoms with Crippen LogP contribution in [0.15, 0.2) is 53.6 Å². The molecule has 26 heavy (non-hydrogen) atoms. The Labute approximate surface area is 160 Å². The number of carbonyl (C=O) groups is 1. The number of hydrazone groups is 1. The van der Waals surface area contributed by atoms with Gasteiger partial charge < -0.3 is 4.74 Å². The third-order valence-corrected chi connectivity index (χ3v) is 4.22. The van der Waals surface area contributed by atoms with Crippen LogP contribution in [0.4, 0.5) is 0 Å². The lowest BCUT2D eigenvalue weighted by Gasteiger charge is -2.15. The first kappa shape index (κ1) is 20.0. The number of nitrogens with zero attached hydrogens (tertiary/aromatic N) is 1. The SMILES string of the molecule is CCCC/C(=N\NC(=O)C(C)Oc1ccc(Cl)cc1C)c1ccccc1. The van der Waals surface area contributed by atoms with Gasteiger partial charge in [-0.15, -0.1) is 0 Å². The quantitative estimate of drug-likeness (QED) is 0.516. The van der Waals surface area contributed by atoms with Crippen LogP contribution in [0.3, 0.4) is 0 Å². The van der Waals surface area contributed by atoms with Crippen molar-refractivity contribution < 1.29 is 9.53 Å². The van der Waals surface area contributed by atoms with E-state index in [-0.39, 0.29) is 5.91 Å². The van der Waals surface area contributed by atoms with Gasteiger partial charge in [-0.3, -0.25) is 4.79 Å². The van der Waals surface area contributed by atoms with Crippen molar-refractivity contribution in [2.75, 3.05) is 0 Å². The van der Waals surface area contributed by atoms with E-state index in [1.807, 2.05) is 37.3 Å². The molecule has 0 bridgehead atoms. The van der Waals surface area contributed by atoms with E-state index in [0.29, 0.717) is 10.8 Å². The summed E-state index contributed by atoms with van der Waals surface area (Å²) in [5.41, 5.74) is 5.41. The highest BCUT2D eigenvalue weighted by atomic mass is 35.5. The molecular formula is C21H25ClN2O2. The Kier molecular flexibility index (Phi) is 7.67. The highest BCUT2D eigenvalue weighted by Gasteiger charge is 2.16. The van der Waals surface area contributed by atoms with Crippen molar-refractivity contribution in [3.8, 4) is 5.75 Å². The molecule has 138 valence electrons. The van der Waals surface area contributed by atoms with Crippen molar-refractivity contribution in [1.82, 2.24) is 5.43 Å². The van der Waals surface area contributed by atoms with Gasteiger partial charge in [-0.2, -0.15) is 5.10 Å². The first-order chi connectivity index (χ1) is 12.5. The van der Waals surface area contributed by atoms with E-state index < -0.39 is 6.10 Å².